The number of anilines is 3. The number of hydrogen-bond acceptors (Lipinski definition) is 10. The Bertz CT molecular complexity index is 2730. The van der Waals surface area contributed by atoms with E-state index in [1.807, 2.05) is 24.3 Å². The van der Waals surface area contributed by atoms with Gasteiger partial charge in [-0.15, -0.1) is 0 Å². The van der Waals surface area contributed by atoms with E-state index in [0.717, 1.165) is 93.3 Å². The maximum Gasteiger partial charge on any atom is 0.255 e. The Labute approximate surface area is 363 Å². The van der Waals surface area contributed by atoms with Gasteiger partial charge in [-0.25, -0.2) is 22.2 Å². The third kappa shape index (κ3) is 8.51. The van der Waals surface area contributed by atoms with Gasteiger partial charge < -0.3 is 19.7 Å². The zero-order chi connectivity index (χ0) is 44.0. The molecule has 3 amide bonds. The molecule has 328 valence electrons. The topological polar surface area (TPSA) is 168 Å². The number of pyridine rings is 1. The van der Waals surface area contributed by atoms with E-state index < -0.39 is 50.6 Å². The van der Waals surface area contributed by atoms with Crippen molar-refractivity contribution in [1.29, 1.82) is 0 Å². The summed E-state index contributed by atoms with van der Waals surface area (Å²) in [5.74, 6) is -3.86. The number of carbonyl (C=O) groups excluding carboxylic acids is 4. The van der Waals surface area contributed by atoms with Crippen LogP contribution in [-0.4, -0.2) is 109 Å². The van der Waals surface area contributed by atoms with Crippen molar-refractivity contribution in [3.8, 4) is 11.1 Å². The number of sulfonamides is 1. The first-order valence-electron chi connectivity index (χ1n) is 21.5. The van der Waals surface area contributed by atoms with Crippen molar-refractivity contribution in [2.45, 2.75) is 51.6 Å². The first kappa shape index (κ1) is 42.1. The summed E-state index contributed by atoms with van der Waals surface area (Å²) in [7, 11) is -3.89. The second-order valence-corrected chi connectivity index (χ2v) is 18.7. The Balaban J connectivity index is 0.781. The van der Waals surface area contributed by atoms with E-state index in [9.17, 15) is 32.0 Å². The Morgan fingerprint density at radius 3 is 2.33 bits per heavy atom. The lowest BCUT2D eigenvalue weighted by Crippen LogP contribution is -2.52. The molecule has 3 saturated heterocycles. The van der Waals surface area contributed by atoms with E-state index in [0.29, 0.717) is 47.5 Å². The quantitative estimate of drug-likeness (QED) is 0.105. The molecule has 4 aliphatic rings. The molecular weight excluding hydrogens is 831 g/mol. The molecule has 17 heteroatoms. The van der Waals surface area contributed by atoms with Crippen LogP contribution in [0.15, 0.2) is 73.1 Å². The van der Waals surface area contributed by atoms with E-state index in [2.05, 4.69) is 52.9 Å². The average Bonchev–Trinajstić information content (AvgIpc) is 3.85. The van der Waals surface area contributed by atoms with E-state index in [-0.39, 0.29) is 29.6 Å². The SMILES string of the molecule is CCCS(=O)(=O)Nc1ccc(F)c(C(=O)c2c[nH]c3ncc(-c4ccc(N5CCC(CN6CCN(c7ccc8c(c7)CN([C@@H]7CCC(=O)NC7=O)C8=O)CC6)CC5)cc4)cc23)c1F. The van der Waals surface area contributed by atoms with Crippen LogP contribution >= 0.6 is 0 Å². The predicted octanol–water partition coefficient (Wildman–Crippen LogP) is 5.69. The van der Waals surface area contributed by atoms with Crippen LogP contribution in [0.5, 0.6) is 0 Å². The fourth-order valence-electron chi connectivity index (χ4n) is 9.36. The van der Waals surface area contributed by atoms with Crippen LogP contribution in [-0.2, 0) is 26.2 Å². The van der Waals surface area contributed by atoms with Gasteiger partial charge in [-0.3, -0.25) is 34.1 Å². The highest BCUT2D eigenvalue weighted by Crippen LogP contribution is 2.34. The van der Waals surface area contributed by atoms with Gasteiger partial charge in [0.25, 0.3) is 5.91 Å². The van der Waals surface area contributed by atoms with Gasteiger partial charge in [0.1, 0.15) is 17.5 Å². The molecule has 9 rings (SSSR count). The summed E-state index contributed by atoms with van der Waals surface area (Å²) in [5.41, 5.74) is 4.31. The van der Waals surface area contributed by atoms with Crippen molar-refractivity contribution < 1.29 is 36.4 Å². The second kappa shape index (κ2) is 17.2. The smallest absolute Gasteiger partial charge is 0.255 e. The minimum atomic E-state index is -3.89. The zero-order valence-electron chi connectivity index (χ0n) is 34.8. The fraction of sp³-hybridized carbons (Fsp3) is 0.370. The summed E-state index contributed by atoms with van der Waals surface area (Å²) in [5, 5.41) is 2.74. The van der Waals surface area contributed by atoms with Crippen LogP contribution in [0.3, 0.4) is 0 Å². The van der Waals surface area contributed by atoms with Crippen molar-refractivity contribution in [1.82, 2.24) is 25.1 Å². The minimum absolute atomic E-state index is 0.00602. The number of amides is 3. The number of ketones is 1. The molecule has 0 spiro atoms. The monoisotopic (exact) mass is 878 g/mol. The summed E-state index contributed by atoms with van der Waals surface area (Å²) < 4.78 is 57.3. The molecule has 0 saturated carbocycles. The first-order chi connectivity index (χ1) is 30.4. The highest BCUT2D eigenvalue weighted by molar-refractivity contribution is 7.92. The molecular formula is C46H48F2N8O6S. The molecule has 0 unspecified atom stereocenters. The Morgan fingerprint density at radius 1 is 0.873 bits per heavy atom. The van der Waals surface area contributed by atoms with Crippen molar-refractivity contribution in [2.24, 2.45) is 5.92 Å². The van der Waals surface area contributed by atoms with Crippen molar-refractivity contribution in [3.05, 3.63) is 107 Å². The second-order valence-electron chi connectivity index (χ2n) is 16.9. The number of carbonyl (C=O) groups is 4. The van der Waals surface area contributed by atoms with Gasteiger partial charge in [0.15, 0.2) is 5.82 Å². The number of piperidine rings is 2. The van der Waals surface area contributed by atoms with Gasteiger partial charge in [0, 0.05) is 105 Å². The lowest BCUT2D eigenvalue weighted by Gasteiger charge is -2.40. The van der Waals surface area contributed by atoms with Crippen molar-refractivity contribution >= 4 is 61.6 Å². The number of halogens is 2. The number of H-pyrrole nitrogens is 1. The summed E-state index contributed by atoms with van der Waals surface area (Å²) in [6, 6.07) is 17.0. The number of imide groups is 1. The fourth-order valence-corrected chi connectivity index (χ4v) is 10.5. The molecule has 3 N–H and O–H groups in total. The van der Waals surface area contributed by atoms with Crippen LogP contribution in [0.2, 0.25) is 0 Å². The number of hydrogen-bond donors (Lipinski definition) is 3. The van der Waals surface area contributed by atoms with E-state index in [1.54, 1.807) is 24.1 Å². The maximum atomic E-state index is 15.5. The number of nitrogens with one attached hydrogen (secondary N) is 3. The Kier molecular flexibility index (Phi) is 11.5. The highest BCUT2D eigenvalue weighted by Gasteiger charge is 2.39. The van der Waals surface area contributed by atoms with E-state index in [1.165, 1.54) is 6.20 Å². The van der Waals surface area contributed by atoms with Gasteiger partial charge in [-0.05, 0) is 91.3 Å². The predicted molar refractivity (Wildman–Crippen MR) is 235 cm³/mol. The van der Waals surface area contributed by atoms with Gasteiger partial charge in [-0.2, -0.15) is 0 Å². The van der Waals surface area contributed by atoms with Gasteiger partial charge in [-0.1, -0.05) is 19.1 Å². The molecule has 3 fully saturated rings. The van der Waals surface area contributed by atoms with Gasteiger partial charge in [0.05, 0.1) is 17.0 Å². The third-order valence-corrected chi connectivity index (χ3v) is 14.3. The normalized spacial score (nSPS) is 18.9. The molecule has 4 aliphatic heterocycles. The minimum Gasteiger partial charge on any atom is -0.372 e. The first-order valence-corrected chi connectivity index (χ1v) is 23.1. The molecule has 6 heterocycles. The lowest BCUT2D eigenvalue weighted by atomic mass is 9.95. The van der Waals surface area contributed by atoms with Crippen molar-refractivity contribution in [2.75, 3.05) is 66.1 Å². The van der Waals surface area contributed by atoms with Gasteiger partial charge in [0.2, 0.25) is 27.6 Å². The largest absolute Gasteiger partial charge is 0.372 e. The molecule has 1 atom stereocenters. The molecule has 0 radical (unpaired) electrons. The Morgan fingerprint density at radius 2 is 1.60 bits per heavy atom. The van der Waals surface area contributed by atoms with Crippen LogP contribution in [0.25, 0.3) is 22.2 Å². The standard InChI is InChI=1S/C46H48F2N8O6S/c1-2-21-63(61,62)52-38-10-9-37(47)41(42(38)48)43(58)36-25-50-44-35(36)23-30(24-49-44)29-3-5-32(6-4-29)54-15-13-28(14-16-54)26-53-17-19-55(20-18-53)33-7-8-34-31(22-33)27-56(46(34)60)39-11-12-40(57)51-45(39)59/h3-10,22-25,28,39,52H,2,11-21,26-27H2,1H3,(H,49,50)(H,51,57,59)/t39-/m1/s1. The van der Waals surface area contributed by atoms with Crippen LogP contribution in [0.4, 0.5) is 25.8 Å². The molecule has 0 bridgehead atoms. The number of benzene rings is 3. The molecule has 63 heavy (non-hydrogen) atoms. The molecule has 14 nitrogen and oxygen atoms in total. The van der Waals surface area contributed by atoms with Crippen LogP contribution < -0.4 is 19.8 Å². The lowest BCUT2D eigenvalue weighted by molar-refractivity contribution is -0.136. The number of rotatable bonds is 12. The van der Waals surface area contributed by atoms with Crippen molar-refractivity contribution in [3.63, 3.8) is 0 Å². The summed E-state index contributed by atoms with van der Waals surface area (Å²) in [6.45, 7) is 8.60. The summed E-state index contributed by atoms with van der Waals surface area (Å²) >= 11 is 0. The summed E-state index contributed by atoms with van der Waals surface area (Å²) in [4.78, 5) is 67.2. The van der Waals surface area contributed by atoms with Gasteiger partial charge >= 0.3 is 0 Å². The van der Waals surface area contributed by atoms with Crippen LogP contribution in [0, 0.1) is 17.6 Å². The Hall–Kier alpha value is -6.20. The number of piperazine rings is 1. The van der Waals surface area contributed by atoms with E-state index in [4.69, 9.17) is 0 Å². The molecule has 3 aromatic carbocycles. The summed E-state index contributed by atoms with van der Waals surface area (Å²) in [6.07, 6.45) is 6.04. The zero-order valence-corrected chi connectivity index (χ0v) is 35.6. The molecule has 0 aliphatic carbocycles. The maximum absolute atomic E-state index is 15.5. The molecule has 5 aromatic rings. The molecule has 2 aromatic heterocycles. The number of aromatic amines is 1. The number of aromatic nitrogens is 2. The number of fused-ring (bicyclic) bond motifs is 2. The van der Waals surface area contributed by atoms with Crippen LogP contribution in [0.1, 0.15) is 70.9 Å². The third-order valence-electron chi connectivity index (χ3n) is 12.8. The average molecular weight is 879 g/mol. The number of nitrogens with zero attached hydrogens (tertiary/aromatic N) is 5. The van der Waals surface area contributed by atoms with E-state index >= 15 is 4.39 Å². The highest BCUT2D eigenvalue weighted by atomic mass is 32.2.